The van der Waals surface area contributed by atoms with Gasteiger partial charge in [0, 0.05) is 24.3 Å². The van der Waals surface area contributed by atoms with E-state index in [1.54, 1.807) is 48.8 Å². The van der Waals surface area contributed by atoms with Crippen molar-refractivity contribution in [2.45, 2.75) is 44.2 Å². The normalized spacial score (nSPS) is 13.6. The van der Waals surface area contributed by atoms with Gasteiger partial charge in [0.1, 0.15) is 0 Å². The maximum atomic E-state index is 13.8. The number of nitrogens with one attached hydrogen (secondary N) is 1. The van der Waals surface area contributed by atoms with Crippen LogP contribution in [0.1, 0.15) is 35.3 Å². The number of anilines is 1. The van der Waals surface area contributed by atoms with Crippen LogP contribution in [0.15, 0.2) is 77.1 Å². The molecule has 10 heteroatoms. The fourth-order valence-corrected chi connectivity index (χ4v) is 6.90. The molecule has 0 radical (unpaired) electrons. The molecule has 0 unspecified atom stereocenters. The molecule has 39 heavy (non-hydrogen) atoms. The van der Waals surface area contributed by atoms with Crippen LogP contribution in [0.5, 0.6) is 0 Å². The van der Waals surface area contributed by atoms with Crippen LogP contribution in [0.4, 0.5) is 5.69 Å². The van der Waals surface area contributed by atoms with E-state index in [0.29, 0.717) is 23.2 Å². The SMILES string of the molecule is Cc1c(N)cccc1C(=O)N[C@@H](Cc1ccccc1)[C@H](O)CN(CC(C)C)S(=O)(=O)c1ccc2ncsc2c1. The lowest BCUT2D eigenvalue weighted by Gasteiger charge is -2.31. The predicted octanol–water partition coefficient (Wildman–Crippen LogP) is 4.24. The van der Waals surface area contributed by atoms with Crippen LogP contribution < -0.4 is 11.1 Å². The number of sulfonamides is 1. The molecule has 0 bridgehead atoms. The maximum Gasteiger partial charge on any atom is 0.251 e. The molecule has 0 spiro atoms. The van der Waals surface area contributed by atoms with Gasteiger partial charge in [-0.05, 0) is 60.7 Å². The van der Waals surface area contributed by atoms with E-state index in [-0.39, 0.29) is 29.8 Å². The summed E-state index contributed by atoms with van der Waals surface area (Å²) < 4.78 is 29.6. The maximum absolute atomic E-state index is 13.8. The zero-order valence-corrected chi connectivity index (χ0v) is 23.9. The van der Waals surface area contributed by atoms with Crippen molar-refractivity contribution in [3.05, 3.63) is 88.9 Å². The molecule has 0 aliphatic rings. The number of aliphatic hydroxyl groups is 1. The standard InChI is InChI=1S/C29H34N4O4S2/c1-19(2)16-33(39(36,37)22-12-13-25-28(15-22)38-18-31-25)17-27(34)26(14-21-8-5-4-6-9-21)32-29(35)23-10-7-11-24(30)20(23)3/h4-13,15,18-19,26-27,34H,14,16-17,30H2,1-3H3,(H,32,35)/t26-,27+/m0/s1. The monoisotopic (exact) mass is 566 g/mol. The largest absolute Gasteiger partial charge is 0.398 e. The number of aliphatic hydroxyl groups excluding tert-OH is 1. The van der Waals surface area contributed by atoms with Gasteiger partial charge in [-0.2, -0.15) is 4.31 Å². The molecule has 4 rings (SSSR count). The van der Waals surface area contributed by atoms with Crippen molar-refractivity contribution in [2.75, 3.05) is 18.8 Å². The van der Waals surface area contributed by atoms with Gasteiger partial charge in [0.05, 0.1) is 32.8 Å². The Bertz CT molecular complexity index is 1540. The van der Waals surface area contributed by atoms with Gasteiger partial charge in [0.25, 0.3) is 5.91 Å². The molecule has 0 aliphatic heterocycles. The Balaban J connectivity index is 1.63. The van der Waals surface area contributed by atoms with Crippen molar-refractivity contribution in [1.82, 2.24) is 14.6 Å². The number of nitrogens with zero attached hydrogens (tertiary/aromatic N) is 2. The minimum absolute atomic E-state index is 0.0104. The Morgan fingerprint density at radius 2 is 1.82 bits per heavy atom. The van der Waals surface area contributed by atoms with Gasteiger partial charge in [0.15, 0.2) is 0 Å². The zero-order chi connectivity index (χ0) is 28.2. The lowest BCUT2D eigenvalue weighted by molar-refractivity contribution is 0.0775. The first-order chi connectivity index (χ1) is 18.6. The number of hydrogen-bond donors (Lipinski definition) is 3. The van der Waals surface area contributed by atoms with Crippen molar-refractivity contribution >= 4 is 43.2 Å². The number of hydrogen-bond acceptors (Lipinski definition) is 7. The first-order valence-electron chi connectivity index (χ1n) is 12.8. The molecule has 8 nitrogen and oxygen atoms in total. The van der Waals surface area contributed by atoms with E-state index >= 15 is 0 Å². The van der Waals surface area contributed by atoms with Gasteiger partial charge in [0.2, 0.25) is 10.0 Å². The molecule has 1 amide bonds. The molecule has 4 aromatic rings. The van der Waals surface area contributed by atoms with E-state index in [2.05, 4.69) is 10.3 Å². The topological polar surface area (TPSA) is 126 Å². The third-order valence-electron chi connectivity index (χ3n) is 6.60. The van der Waals surface area contributed by atoms with Gasteiger partial charge < -0.3 is 16.2 Å². The van der Waals surface area contributed by atoms with Crippen LogP contribution in [-0.2, 0) is 16.4 Å². The lowest BCUT2D eigenvalue weighted by atomic mass is 9.99. The summed E-state index contributed by atoms with van der Waals surface area (Å²) in [6.45, 7) is 5.64. The summed E-state index contributed by atoms with van der Waals surface area (Å²) in [4.78, 5) is 17.7. The number of rotatable bonds is 11. The highest BCUT2D eigenvalue weighted by atomic mass is 32.2. The Morgan fingerprint density at radius 3 is 2.54 bits per heavy atom. The van der Waals surface area contributed by atoms with E-state index in [0.717, 1.165) is 15.8 Å². The number of nitrogen functional groups attached to an aromatic ring is 1. The van der Waals surface area contributed by atoms with Crippen LogP contribution in [0.2, 0.25) is 0 Å². The first kappa shape index (κ1) is 28.7. The highest BCUT2D eigenvalue weighted by Gasteiger charge is 2.32. The molecule has 2 atom stereocenters. The Morgan fingerprint density at radius 1 is 1.08 bits per heavy atom. The lowest BCUT2D eigenvalue weighted by Crippen LogP contribution is -2.51. The summed E-state index contributed by atoms with van der Waals surface area (Å²) in [5.74, 6) is -0.370. The summed E-state index contributed by atoms with van der Waals surface area (Å²) in [6.07, 6.45) is -0.867. The third kappa shape index (κ3) is 6.83. The first-order valence-corrected chi connectivity index (χ1v) is 15.1. The number of thiazole rings is 1. The molecular weight excluding hydrogens is 532 g/mol. The summed E-state index contributed by atoms with van der Waals surface area (Å²) in [5, 5.41) is 14.4. The second kappa shape index (κ2) is 12.3. The predicted molar refractivity (Wildman–Crippen MR) is 156 cm³/mol. The van der Waals surface area contributed by atoms with Crippen molar-refractivity contribution < 1.29 is 18.3 Å². The Kier molecular flexibility index (Phi) is 9.01. The third-order valence-corrected chi connectivity index (χ3v) is 9.22. The minimum atomic E-state index is -3.94. The highest BCUT2D eigenvalue weighted by Crippen LogP contribution is 2.25. The van der Waals surface area contributed by atoms with Crippen molar-refractivity contribution in [1.29, 1.82) is 0 Å². The van der Waals surface area contributed by atoms with Gasteiger partial charge in [-0.3, -0.25) is 4.79 Å². The highest BCUT2D eigenvalue weighted by molar-refractivity contribution is 7.89. The minimum Gasteiger partial charge on any atom is -0.398 e. The van der Waals surface area contributed by atoms with E-state index in [1.807, 2.05) is 44.2 Å². The smallest absolute Gasteiger partial charge is 0.251 e. The van der Waals surface area contributed by atoms with Gasteiger partial charge in [-0.25, -0.2) is 13.4 Å². The fraction of sp³-hybridized carbons (Fsp3) is 0.310. The van der Waals surface area contributed by atoms with Crippen LogP contribution in [-0.4, -0.2) is 54.0 Å². The Hall–Kier alpha value is -3.31. The fourth-order valence-electron chi connectivity index (χ4n) is 4.46. The molecule has 0 fully saturated rings. The summed E-state index contributed by atoms with van der Waals surface area (Å²) >= 11 is 1.37. The molecule has 0 saturated carbocycles. The van der Waals surface area contributed by atoms with Gasteiger partial charge >= 0.3 is 0 Å². The average molecular weight is 567 g/mol. The van der Waals surface area contributed by atoms with Crippen LogP contribution >= 0.6 is 11.3 Å². The Labute approximate surface area is 233 Å². The van der Waals surface area contributed by atoms with Crippen molar-refractivity contribution in [2.24, 2.45) is 5.92 Å². The zero-order valence-electron chi connectivity index (χ0n) is 22.2. The van der Waals surface area contributed by atoms with Crippen molar-refractivity contribution in [3.63, 3.8) is 0 Å². The molecule has 1 heterocycles. The van der Waals surface area contributed by atoms with E-state index in [1.165, 1.54) is 15.6 Å². The van der Waals surface area contributed by atoms with Crippen LogP contribution in [0.3, 0.4) is 0 Å². The van der Waals surface area contributed by atoms with Gasteiger partial charge in [-0.1, -0.05) is 50.2 Å². The van der Waals surface area contributed by atoms with E-state index < -0.39 is 22.2 Å². The number of carbonyl (C=O) groups is 1. The number of fused-ring (bicyclic) bond motifs is 1. The number of benzene rings is 3. The molecule has 206 valence electrons. The van der Waals surface area contributed by atoms with Gasteiger partial charge in [-0.15, -0.1) is 11.3 Å². The number of amides is 1. The summed E-state index contributed by atoms with van der Waals surface area (Å²) in [5.41, 5.74) is 10.9. The van der Waals surface area contributed by atoms with Crippen LogP contribution in [0.25, 0.3) is 10.2 Å². The average Bonchev–Trinajstić information content (AvgIpc) is 3.38. The summed E-state index contributed by atoms with van der Waals surface area (Å²) in [6, 6.07) is 18.7. The number of nitrogens with two attached hydrogens (primary N) is 1. The van der Waals surface area contributed by atoms with E-state index in [9.17, 15) is 18.3 Å². The molecule has 3 aromatic carbocycles. The van der Waals surface area contributed by atoms with Crippen molar-refractivity contribution in [3.8, 4) is 0 Å². The second-order valence-corrected chi connectivity index (χ2v) is 12.9. The van der Waals surface area contributed by atoms with Crippen LogP contribution in [0, 0.1) is 12.8 Å². The summed E-state index contributed by atoms with van der Waals surface area (Å²) in [7, 11) is -3.94. The second-order valence-electron chi connectivity index (χ2n) is 10.1. The molecule has 0 saturated heterocycles. The van der Waals surface area contributed by atoms with E-state index in [4.69, 9.17) is 5.73 Å². The number of aromatic nitrogens is 1. The quantitative estimate of drug-likeness (QED) is 0.233. The molecular formula is C29H34N4O4S2. The number of carbonyl (C=O) groups excluding carboxylic acids is 1. The molecule has 1 aromatic heterocycles. The molecule has 0 aliphatic carbocycles. The molecule has 4 N–H and O–H groups in total.